The topological polar surface area (TPSA) is 15.3 Å². The van der Waals surface area contributed by atoms with Crippen LogP contribution in [0.4, 0.5) is 0 Å². The van der Waals surface area contributed by atoms with Gasteiger partial charge in [0.15, 0.2) is 0 Å². The third-order valence-electron chi connectivity index (χ3n) is 5.26. The van der Waals surface area contributed by atoms with Crippen LogP contribution in [0.5, 0.6) is 0 Å². The lowest BCUT2D eigenvalue weighted by Crippen LogP contribution is -2.47. The molecule has 1 saturated heterocycles. The van der Waals surface area contributed by atoms with E-state index in [9.17, 15) is 0 Å². The molecule has 106 valence electrons. The summed E-state index contributed by atoms with van der Waals surface area (Å²) in [5, 5.41) is 3.58. The zero-order valence-electron chi connectivity index (χ0n) is 12.7. The zero-order chi connectivity index (χ0) is 13.0. The molecule has 0 amide bonds. The molecular formula is C16H32N2. The highest BCUT2D eigenvalue weighted by atomic mass is 15.2. The van der Waals surface area contributed by atoms with Crippen molar-refractivity contribution in [3.8, 4) is 0 Å². The molecule has 1 atom stereocenters. The van der Waals surface area contributed by atoms with Gasteiger partial charge >= 0.3 is 0 Å². The van der Waals surface area contributed by atoms with Gasteiger partial charge in [-0.25, -0.2) is 0 Å². The summed E-state index contributed by atoms with van der Waals surface area (Å²) in [4.78, 5) is 2.77. The number of nitrogens with one attached hydrogen (secondary N) is 1. The Hall–Kier alpha value is -0.0800. The largest absolute Gasteiger partial charge is 0.316 e. The fraction of sp³-hybridized carbons (Fsp3) is 1.00. The Bertz CT molecular complexity index is 237. The first-order chi connectivity index (χ1) is 8.63. The summed E-state index contributed by atoms with van der Waals surface area (Å²) in [5.74, 6) is 0.863. The number of hydrogen-bond acceptors (Lipinski definition) is 2. The lowest BCUT2D eigenvalue weighted by atomic mass is 9.74. The van der Waals surface area contributed by atoms with Gasteiger partial charge in [0, 0.05) is 12.6 Å². The molecule has 0 aromatic carbocycles. The van der Waals surface area contributed by atoms with Crippen LogP contribution >= 0.6 is 0 Å². The summed E-state index contributed by atoms with van der Waals surface area (Å²) in [6, 6.07) is 0.880. The molecule has 1 unspecified atom stereocenters. The minimum Gasteiger partial charge on any atom is -0.316 e. The van der Waals surface area contributed by atoms with Gasteiger partial charge in [-0.1, -0.05) is 33.6 Å². The maximum absolute atomic E-state index is 3.58. The van der Waals surface area contributed by atoms with E-state index in [2.05, 4.69) is 31.0 Å². The van der Waals surface area contributed by atoms with Crippen LogP contribution in [-0.4, -0.2) is 37.1 Å². The minimum atomic E-state index is 0.464. The average Bonchev–Trinajstić information content (AvgIpc) is 2.91. The maximum atomic E-state index is 3.58. The van der Waals surface area contributed by atoms with Crippen LogP contribution in [0.1, 0.15) is 59.3 Å². The predicted octanol–water partition coefficient (Wildman–Crippen LogP) is 3.28. The molecule has 2 fully saturated rings. The van der Waals surface area contributed by atoms with E-state index in [0.717, 1.165) is 12.0 Å². The van der Waals surface area contributed by atoms with Crippen molar-refractivity contribution < 1.29 is 0 Å². The van der Waals surface area contributed by atoms with E-state index in [-0.39, 0.29) is 0 Å². The van der Waals surface area contributed by atoms with Gasteiger partial charge in [0.25, 0.3) is 0 Å². The Morgan fingerprint density at radius 1 is 1.11 bits per heavy atom. The lowest BCUT2D eigenvalue weighted by molar-refractivity contribution is 0.0786. The van der Waals surface area contributed by atoms with Crippen molar-refractivity contribution in [3.63, 3.8) is 0 Å². The fourth-order valence-corrected chi connectivity index (χ4v) is 3.94. The summed E-state index contributed by atoms with van der Waals surface area (Å²) in [5.41, 5.74) is 0.464. The van der Waals surface area contributed by atoms with E-state index in [0.29, 0.717) is 5.41 Å². The van der Waals surface area contributed by atoms with Gasteiger partial charge in [0.2, 0.25) is 0 Å². The van der Waals surface area contributed by atoms with Gasteiger partial charge in [-0.2, -0.15) is 0 Å². The van der Waals surface area contributed by atoms with E-state index >= 15 is 0 Å². The highest BCUT2D eigenvalue weighted by molar-refractivity contribution is 4.88. The second-order valence-corrected chi connectivity index (χ2v) is 7.03. The monoisotopic (exact) mass is 252 g/mol. The highest BCUT2D eigenvalue weighted by Crippen LogP contribution is 2.34. The van der Waals surface area contributed by atoms with Gasteiger partial charge in [-0.05, 0) is 56.7 Å². The molecule has 1 heterocycles. The molecule has 1 N–H and O–H groups in total. The van der Waals surface area contributed by atoms with Crippen LogP contribution in [-0.2, 0) is 0 Å². The second kappa shape index (κ2) is 6.38. The maximum Gasteiger partial charge on any atom is 0.00953 e. The molecule has 1 saturated carbocycles. The predicted molar refractivity (Wildman–Crippen MR) is 78.9 cm³/mol. The van der Waals surface area contributed by atoms with Crippen LogP contribution in [0.3, 0.4) is 0 Å². The fourth-order valence-electron chi connectivity index (χ4n) is 3.94. The summed E-state index contributed by atoms with van der Waals surface area (Å²) < 4.78 is 0. The number of hydrogen-bond donors (Lipinski definition) is 1. The first-order valence-electron chi connectivity index (χ1n) is 8.08. The summed E-state index contributed by atoms with van der Waals surface area (Å²) in [6.45, 7) is 12.3. The summed E-state index contributed by atoms with van der Waals surface area (Å²) >= 11 is 0. The minimum absolute atomic E-state index is 0.464. The van der Waals surface area contributed by atoms with E-state index in [1.165, 1.54) is 64.7 Å². The molecule has 2 aliphatic rings. The van der Waals surface area contributed by atoms with E-state index < -0.39 is 0 Å². The first-order valence-corrected chi connectivity index (χ1v) is 8.08. The Kier molecular flexibility index (Phi) is 5.08. The molecule has 1 aliphatic carbocycles. The van der Waals surface area contributed by atoms with Crippen molar-refractivity contribution in [2.24, 2.45) is 11.3 Å². The van der Waals surface area contributed by atoms with Gasteiger partial charge in [0.1, 0.15) is 0 Å². The van der Waals surface area contributed by atoms with Gasteiger partial charge in [0.05, 0.1) is 0 Å². The molecule has 0 radical (unpaired) electrons. The standard InChI is InChI=1S/C16H32N2/c1-4-18(15-9-5-6-10-15)13-16(2,3)14-8-7-11-17-12-14/h14-15,17H,4-13H2,1-3H3. The number of piperidine rings is 1. The lowest BCUT2D eigenvalue weighted by Gasteiger charge is -2.42. The van der Waals surface area contributed by atoms with Crippen LogP contribution in [0, 0.1) is 11.3 Å². The number of nitrogens with zero attached hydrogens (tertiary/aromatic N) is 1. The Morgan fingerprint density at radius 2 is 1.83 bits per heavy atom. The number of rotatable bonds is 5. The zero-order valence-corrected chi connectivity index (χ0v) is 12.7. The molecular weight excluding hydrogens is 220 g/mol. The molecule has 0 bridgehead atoms. The van der Waals surface area contributed by atoms with Crippen molar-refractivity contribution in [1.82, 2.24) is 10.2 Å². The molecule has 2 heteroatoms. The first kappa shape index (κ1) is 14.3. The molecule has 0 aromatic heterocycles. The molecule has 0 spiro atoms. The second-order valence-electron chi connectivity index (χ2n) is 7.03. The van der Waals surface area contributed by atoms with Crippen LogP contribution in [0.15, 0.2) is 0 Å². The smallest absolute Gasteiger partial charge is 0.00953 e. The van der Waals surface area contributed by atoms with Crippen molar-refractivity contribution in [3.05, 3.63) is 0 Å². The SMILES string of the molecule is CCN(CC(C)(C)C1CCCNC1)C1CCCC1. The highest BCUT2D eigenvalue weighted by Gasteiger charge is 2.34. The molecule has 2 rings (SSSR count). The Morgan fingerprint density at radius 3 is 2.39 bits per heavy atom. The summed E-state index contributed by atoms with van der Waals surface area (Å²) in [6.07, 6.45) is 8.56. The van der Waals surface area contributed by atoms with Gasteiger partial charge < -0.3 is 10.2 Å². The molecule has 1 aliphatic heterocycles. The van der Waals surface area contributed by atoms with E-state index in [1.807, 2.05) is 0 Å². The van der Waals surface area contributed by atoms with E-state index in [4.69, 9.17) is 0 Å². The Balaban J connectivity index is 1.91. The normalized spacial score (nSPS) is 27.0. The Labute approximate surface area is 114 Å². The third-order valence-corrected chi connectivity index (χ3v) is 5.26. The van der Waals surface area contributed by atoms with Gasteiger partial charge in [-0.3, -0.25) is 0 Å². The average molecular weight is 252 g/mol. The molecule has 2 nitrogen and oxygen atoms in total. The van der Waals surface area contributed by atoms with Crippen molar-refractivity contribution in [2.45, 2.75) is 65.3 Å². The van der Waals surface area contributed by atoms with Crippen LogP contribution in [0.2, 0.25) is 0 Å². The van der Waals surface area contributed by atoms with E-state index in [1.54, 1.807) is 0 Å². The van der Waals surface area contributed by atoms with Gasteiger partial charge in [-0.15, -0.1) is 0 Å². The molecule has 18 heavy (non-hydrogen) atoms. The molecule has 0 aromatic rings. The third kappa shape index (κ3) is 3.48. The van der Waals surface area contributed by atoms with Crippen LogP contribution < -0.4 is 5.32 Å². The van der Waals surface area contributed by atoms with Crippen molar-refractivity contribution in [2.75, 3.05) is 26.2 Å². The summed E-state index contributed by atoms with van der Waals surface area (Å²) in [7, 11) is 0. The van der Waals surface area contributed by atoms with Crippen molar-refractivity contribution in [1.29, 1.82) is 0 Å². The quantitative estimate of drug-likeness (QED) is 0.808. The van der Waals surface area contributed by atoms with Crippen LogP contribution in [0.25, 0.3) is 0 Å². The van der Waals surface area contributed by atoms with Crippen molar-refractivity contribution >= 4 is 0 Å².